The summed E-state index contributed by atoms with van der Waals surface area (Å²) in [5.41, 5.74) is -0.169. The smallest absolute Gasteiger partial charge is 0.330 e. The number of amides is 1. The fourth-order valence-corrected chi connectivity index (χ4v) is 2.01. The lowest BCUT2D eigenvalue weighted by Crippen LogP contribution is -2.49. The SMILES string of the molecule is CC(C)(O)C(C)(C)O[B]c1ccc(C(=O)N2CCOCC2)cc1. The number of carbonyl (C=O) groups excluding carboxylic acids is 1. The molecule has 1 heterocycles. The zero-order valence-electron chi connectivity index (χ0n) is 14.3. The Balaban J connectivity index is 1.95. The van der Waals surface area contributed by atoms with Crippen molar-refractivity contribution in [2.24, 2.45) is 0 Å². The van der Waals surface area contributed by atoms with E-state index in [0.29, 0.717) is 31.9 Å². The number of morpholine rings is 1. The lowest BCUT2D eigenvalue weighted by molar-refractivity contribution is -0.0893. The number of aliphatic hydroxyl groups is 1. The van der Waals surface area contributed by atoms with E-state index in [0.717, 1.165) is 5.46 Å². The minimum Gasteiger partial charge on any atom is -0.427 e. The molecule has 1 amide bonds. The fraction of sp³-hybridized carbons (Fsp3) is 0.588. The maximum atomic E-state index is 12.4. The second kappa shape index (κ2) is 7.03. The quantitative estimate of drug-likeness (QED) is 0.822. The van der Waals surface area contributed by atoms with Gasteiger partial charge >= 0.3 is 7.48 Å². The second-order valence-corrected chi connectivity index (χ2v) is 6.83. The maximum absolute atomic E-state index is 12.4. The molecule has 1 aromatic rings. The summed E-state index contributed by atoms with van der Waals surface area (Å²) in [5, 5.41) is 10.1. The van der Waals surface area contributed by atoms with Crippen LogP contribution in [-0.4, -0.2) is 60.9 Å². The monoisotopic (exact) mass is 318 g/mol. The van der Waals surface area contributed by atoms with Gasteiger partial charge in [-0.2, -0.15) is 0 Å². The van der Waals surface area contributed by atoms with Crippen molar-refractivity contribution in [3.05, 3.63) is 29.8 Å². The normalized spacial score (nSPS) is 16.3. The van der Waals surface area contributed by atoms with Crippen molar-refractivity contribution in [1.82, 2.24) is 4.90 Å². The molecule has 1 fully saturated rings. The summed E-state index contributed by atoms with van der Waals surface area (Å²) in [7, 11) is 1.61. The van der Waals surface area contributed by atoms with Crippen LogP contribution in [0.15, 0.2) is 24.3 Å². The molecule has 0 spiro atoms. The number of nitrogens with zero attached hydrogens (tertiary/aromatic N) is 1. The first kappa shape index (κ1) is 18.0. The van der Waals surface area contributed by atoms with Gasteiger partial charge in [-0.05, 0) is 39.8 Å². The Bertz CT molecular complexity index is 531. The van der Waals surface area contributed by atoms with E-state index in [1.165, 1.54) is 0 Å². The van der Waals surface area contributed by atoms with Crippen molar-refractivity contribution < 1.29 is 19.3 Å². The number of carbonyl (C=O) groups is 1. The Labute approximate surface area is 138 Å². The van der Waals surface area contributed by atoms with E-state index in [2.05, 4.69) is 0 Å². The first-order valence-corrected chi connectivity index (χ1v) is 7.91. The van der Waals surface area contributed by atoms with Crippen molar-refractivity contribution in [3.63, 3.8) is 0 Å². The van der Waals surface area contributed by atoms with Gasteiger partial charge in [-0.3, -0.25) is 4.79 Å². The summed E-state index contributed by atoms with van der Waals surface area (Å²) in [4.78, 5) is 14.2. The van der Waals surface area contributed by atoms with Gasteiger partial charge in [0.05, 0.1) is 24.4 Å². The van der Waals surface area contributed by atoms with Gasteiger partial charge in [0.1, 0.15) is 0 Å². The number of rotatable bonds is 5. The molecule has 0 aromatic heterocycles. The molecule has 0 aliphatic carbocycles. The summed E-state index contributed by atoms with van der Waals surface area (Å²) in [5.74, 6) is 0.0255. The van der Waals surface area contributed by atoms with Crippen LogP contribution in [0.5, 0.6) is 0 Å². The molecule has 1 radical (unpaired) electrons. The molecule has 0 saturated carbocycles. The van der Waals surface area contributed by atoms with Crippen molar-refractivity contribution in [2.45, 2.75) is 38.9 Å². The molecular formula is C17H25BNO4. The van der Waals surface area contributed by atoms with Crippen LogP contribution in [0, 0.1) is 0 Å². The molecule has 5 nitrogen and oxygen atoms in total. The molecule has 1 N–H and O–H groups in total. The zero-order chi connectivity index (χ0) is 17.1. The highest BCUT2D eigenvalue weighted by Crippen LogP contribution is 2.24. The Morgan fingerprint density at radius 1 is 1.17 bits per heavy atom. The van der Waals surface area contributed by atoms with Crippen LogP contribution in [0.1, 0.15) is 38.1 Å². The maximum Gasteiger partial charge on any atom is 0.330 e. The molecule has 1 aliphatic rings. The van der Waals surface area contributed by atoms with Crippen LogP contribution in [-0.2, 0) is 9.39 Å². The van der Waals surface area contributed by atoms with Crippen molar-refractivity contribution in [2.75, 3.05) is 26.3 Å². The van der Waals surface area contributed by atoms with E-state index >= 15 is 0 Å². The van der Waals surface area contributed by atoms with Crippen molar-refractivity contribution in [1.29, 1.82) is 0 Å². The molecule has 0 atom stereocenters. The molecule has 1 saturated heterocycles. The summed E-state index contributed by atoms with van der Waals surface area (Å²) in [6.45, 7) is 9.55. The first-order valence-electron chi connectivity index (χ1n) is 7.91. The van der Waals surface area contributed by atoms with E-state index in [-0.39, 0.29) is 5.91 Å². The molecule has 1 aliphatic heterocycles. The van der Waals surface area contributed by atoms with Crippen LogP contribution >= 0.6 is 0 Å². The lowest BCUT2D eigenvalue weighted by atomic mass is 9.82. The van der Waals surface area contributed by atoms with Gasteiger partial charge in [0, 0.05) is 18.7 Å². The highest BCUT2D eigenvalue weighted by molar-refractivity contribution is 6.47. The minimum absolute atomic E-state index is 0.0255. The lowest BCUT2D eigenvalue weighted by Gasteiger charge is -2.37. The summed E-state index contributed by atoms with van der Waals surface area (Å²) < 4.78 is 11.0. The number of hydrogen-bond donors (Lipinski definition) is 1. The van der Waals surface area contributed by atoms with Gasteiger partial charge in [-0.1, -0.05) is 17.6 Å². The Morgan fingerprint density at radius 3 is 2.26 bits per heavy atom. The van der Waals surface area contributed by atoms with Gasteiger partial charge in [-0.15, -0.1) is 0 Å². The minimum atomic E-state index is -0.963. The van der Waals surface area contributed by atoms with E-state index < -0.39 is 11.2 Å². The second-order valence-electron chi connectivity index (χ2n) is 6.83. The third-order valence-electron chi connectivity index (χ3n) is 4.42. The van der Waals surface area contributed by atoms with Gasteiger partial charge in [0.25, 0.3) is 5.91 Å². The fourth-order valence-electron chi connectivity index (χ4n) is 2.01. The van der Waals surface area contributed by atoms with Gasteiger partial charge in [0.15, 0.2) is 0 Å². The average molecular weight is 318 g/mol. The standard InChI is InChI=1S/C17H25BNO4/c1-16(2,21)17(3,4)23-18-14-7-5-13(6-8-14)15(20)19-9-11-22-12-10-19/h5-8,21H,9-12H2,1-4H3. The van der Waals surface area contributed by atoms with E-state index in [4.69, 9.17) is 9.39 Å². The molecule has 23 heavy (non-hydrogen) atoms. The van der Waals surface area contributed by atoms with Gasteiger partial charge in [0.2, 0.25) is 0 Å². The van der Waals surface area contributed by atoms with Crippen LogP contribution in [0.2, 0.25) is 0 Å². The van der Waals surface area contributed by atoms with E-state index in [9.17, 15) is 9.90 Å². The molecule has 0 unspecified atom stereocenters. The molecule has 125 valence electrons. The Hall–Kier alpha value is -1.37. The van der Waals surface area contributed by atoms with E-state index in [1.54, 1.807) is 38.4 Å². The Morgan fingerprint density at radius 2 is 1.74 bits per heavy atom. The van der Waals surface area contributed by atoms with Crippen LogP contribution in [0.25, 0.3) is 0 Å². The highest BCUT2D eigenvalue weighted by Gasteiger charge is 2.35. The van der Waals surface area contributed by atoms with Crippen LogP contribution in [0.3, 0.4) is 0 Å². The van der Waals surface area contributed by atoms with Gasteiger partial charge < -0.3 is 19.4 Å². The summed E-state index contributed by atoms with van der Waals surface area (Å²) in [6, 6.07) is 7.27. The molecular weight excluding hydrogens is 293 g/mol. The van der Waals surface area contributed by atoms with Crippen LogP contribution < -0.4 is 5.46 Å². The van der Waals surface area contributed by atoms with Crippen molar-refractivity contribution in [3.8, 4) is 0 Å². The average Bonchev–Trinajstić information content (AvgIpc) is 2.52. The van der Waals surface area contributed by atoms with Crippen molar-refractivity contribution >= 4 is 18.9 Å². The third-order valence-corrected chi connectivity index (χ3v) is 4.42. The first-order chi connectivity index (χ1) is 10.7. The molecule has 6 heteroatoms. The molecule has 0 bridgehead atoms. The third kappa shape index (κ3) is 4.56. The number of benzene rings is 1. The predicted molar refractivity (Wildman–Crippen MR) is 90.0 cm³/mol. The Kier molecular flexibility index (Phi) is 5.50. The molecule has 2 rings (SSSR count). The number of ether oxygens (including phenoxy) is 1. The van der Waals surface area contributed by atoms with Gasteiger partial charge in [-0.25, -0.2) is 0 Å². The summed E-state index contributed by atoms with van der Waals surface area (Å²) >= 11 is 0. The number of hydrogen-bond acceptors (Lipinski definition) is 4. The largest absolute Gasteiger partial charge is 0.427 e. The predicted octanol–water partition coefficient (Wildman–Crippen LogP) is 0.970. The zero-order valence-corrected chi connectivity index (χ0v) is 14.3. The molecule has 1 aromatic carbocycles. The van der Waals surface area contributed by atoms with E-state index in [1.807, 2.05) is 26.0 Å². The summed E-state index contributed by atoms with van der Waals surface area (Å²) in [6.07, 6.45) is 0. The topological polar surface area (TPSA) is 59.0 Å². The highest BCUT2D eigenvalue weighted by atomic mass is 16.5. The van der Waals surface area contributed by atoms with Crippen LogP contribution in [0.4, 0.5) is 0 Å².